The zero-order valence-electron chi connectivity index (χ0n) is 8.75. The SMILES string of the molecule is C#CCN(C)C(=O)CC1=CCCCC1. The van der Waals surface area contributed by atoms with Crippen LogP contribution >= 0.6 is 0 Å². The van der Waals surface area contributed by atoms with Gasteiger partial charge in [-0.05, 0) is 25.7 Å². The third-order valence-corrected chi connectivity index (χ3v) is 2.52. The number of rotatable bonds is 3. The number of amides is 1. The standard InChI is InChI=1S/C12H17NO/c1-3-9-13(2)12(14)10-11-7-5-4-6-8-11/h1,7H,4-6,8-10H2,2H3. The van der Waals surface area contributed by atoms with Crippen LogP contribution in [-0.4, -0.2) is 24.4 Å². The molecule has 0 unspecified atom stereocenters. The van der Waals surface area contributed by atoms with Gasteiger partial charge in [0.15, 0.2) is 0 Å². The van der Waals surface area contributed by atoms with Crippen LogP contribution in [0.25, 0.3) is 0 Å². The van der Waals surface area contributed by atoms with Gasteiger partial charge in [-0.3, -0.25) is 4.79 Å². The van der Waals surface area contributed by atoms with Crippen molar-refractivity contribution in [3.8, 4) is 12.3 Å². The number of nitrogens with zero attached hydrogens (tertiary/aromatic N) is 1. The monoisotopic (exact) mass is 191 g/mol. The molecule has 1 aliphatic rings. The largest absolute Gasteiger partial charge is 0.334 e. The number of carbonyl (C=O) groups excluding carboxylic acids is 1. The van der Waals surface area contributed by atoms with Crippen LogP contribution in [0.15, 0.2) is 11.6 Å². The second-order valence-corrected chi connectivity index (χ2v) is 3.74. The highest BCUT2D eigenvalue weighted by Crippen LogP contribution is 2.20. The van der Waals surface area contributed by atoms with E-state index >= 15 is 0 Å². The molecule has 0 aromatic heterocycles. The molecule has 0 spiro atoms. The Labute approximate surface area is 86.0 Å². The fourth-order valence-electron chi connectivity index (χ4n) is 1.62. The lowest BCUT2D eigenvalue weighted by Crippen LogP contribution is -2.27. The van der Waals surface area contributed by atoms with Gasteiger partial charge in [-0.15, -0.1) is 6.42 Å². The van der Waals surface area contributed by atoms with Gasteiger partial charge in [-0.2, -0.15) is 0 Å². The van der Waals surface area contributed by atoms with E-state index < -0.39 is 0 Å². The molecule has 0 atom stereocenters. The van der Waals surface area contributed by atoms with E-state index in [0.29, 0.717) is 13.0 Å². The Kier molecular flexibility index (Phi) is 4.25. The maximum Gasteiger partial charge on any atom is 0.227 e. The van der Waals surface area contributed by atoms with Crippen molar-refractivity contribution in [2.75, 3.05) is 13.6 Å². The zero-order valence-corrected chi connectivity index (χ0v) is 8.75. The number of carbonyl (C=O) groups is 1. The van der Waals surface area contributed by atoms with Crippen molar-refractivity contribution in [3.05, 3.63) is 11.6 Å². The van der Waals surface area contributed by atoms with E-state index in [-0.39, 0.29) is 5.91 Å². The van der Waals surface area contributed by atoms with Crippen molar-refractivity contribution in [2.45, 2.75) is 32.1 Å². The molecule has 0 saturated carbocycles. The lowest BCUT2D eigenvalue weighted by atomic mass is 9.97. The van der Waals surface area contributed by atoms with Gasteiger partial charge < -0.3 is 4.90 Å². The summed E-state index contributed by atoms with van der Waals surface area (Å²) in [6.45, 7) is 0.409. The van der Waals surface area contributed by atoms with Crippen LogP contribution < -0.4 is 0 Å². The van der Waals surface area contributed by atoms with Crippen molar-refractivity contribution >= 4 is 5.91 Å². The highest BCUT2D eigenvalue weighted by molar-refractivity contribution is 5.78. The predicted molar refractivity (Wildman–Crippen MR) is 57.6 cm³/mol. The molecule has 0 saturated heterocycles. The molecule has 0 heterocycles. The number of allylic oxidation sites excluding steroid dienone is 1. The maximum absolute atomic E-state index is 11.6. The molecule has 1 amide bonds. The summed E-state index contributed by atoms with van der Waals surface area (Å²) in [5.41, 5.74) is 1.28. The summed E-state index contributed by atoms with van der Waals surface area (Å²) < 4.78 is 0. The Balaban J connectivity index is 2.40. The fraction of sp³-hybridized carbons (Fsp3) is 0.583. The summed E-state index contributed by atoms with van der Waals surface area (Å²) in [4.78, 5) is 13.2. The first-order valence-electron chi connectivity index (χ1n) is 5.09. The van der Waals surface area contributed by atoms with Crippen LogP contribution in [0, 0.1) is 12.3 Å². The third-order valence-electron chi connectivity index (χ3n) is 2.52. The van der Waals surface area contributed by atoms with Gasteiger partial charge in [-0.1, -0.05) is 17.6 Å². The van der Waals surface area contributed by atoms with Crippen LogP contribution in [0.1, 0.15) is 32.1 Å². The lowest BCUT2D eigenvalue weighted by Gasteiger charge is -2.17. The molecule has 1 aliphatic carbocycles. The molecule has 1 rings (SSSR count). The summed E-state index contributed by atoms with van der Waals surface area (Å²) in [6, 6.07) is 0. The molecular formula is C12H17NO. The minimum atomic E-state index is 0.135. The second kappa shape index (κ2) is 5.49. The fourth-order valence-corrected chi connectivity index (χ4v) is 1.62. The summed E-state index contributed by atoms with van der Waals surface area (Å²) in [7, 11) is 1.76. The van der Waals surface area contributed by atoms with Crippen molar-refractivity contribution in [2.24, 2.45) is 0 Å². The maximum atomic E-state index is 11.6. The van der Waals surface area contributed by atoms with Gasteiger partial charge in [-0.25, -0.2) is 0 Å². The van der Waals surface area contributed by atoms with Crippen molar-refractivity contribution < 1.29 is 4.79 Å². The topological polar surface area (TPSA) is 20.3 Å². The Morgan fingerprint density at radius 1 is 1.64 bits per heavy atom. The summed E-state index contributed by atoms with van der Waals surface area (Å²) in [5.74, 6) is 2.61. The van der Waals surface area contributed by atoms with E-state index in [9.17, 15) is 4.79 Å². The van der Waals surface area contributed by atoms with Gasteiger partial charge in [0.25, 0.3) is 0 Å². The van der Waals surface area contributed by atoms with Crippen LogP contribution in [-0.2, 0) is 4.79 Å². The molecule has 0 aromatic carbocycles. The number of hydrogen-bond acceptors (Lipinski definition) is 1. The summed E-state index contributed by atoms with van der Waals surface area (Å²) >= 11 is 0. The van der Waals surface area contributed by atoms with E-state index in [1.54, 1.807) is 11.9 Å². The molecule has 0 aliphatic heterocycles. The molecule has 2 nitrogen and oxygen atoms in total. The van der Waals surface area contributed by atoms with Crippen LogP contribution in [0.2, 0.25) is 0 Å². The first kappa shape index (κ1) is 10.8. The molecule has 2 heteroatoms. The van der Waals surface area contributed by atoms with Gasteiger partial charge in [0.1, 0.15) is 0 Å². The van der Waals surface area contributed by atoms with Gasteiger partial charge in [0.05, 0.1) is 6.54 Å². The highest BCUT2D eigenvalue weighted by atomic mass is 16.2. The Hall–Kier alpha value is -1.23. The summed E-state index contributed by atoms with van der Waals surface area (Å²) in [6.07, 6.45) is 12.6. The zero-order chi connectivity index (χ0) is 10.4. The van der Waals surface area contributed by atoms with E-state index in [1.165, 1.54) is 18.4 Å². The van der Waals surface area contributed by atoms with Gasteiger partial charge >= 0.3 is 0 Å². The van der Waals surface area contributed by atoms with Crippen LogP contribution in [0.4, 0.5) is 0 Å². The third kappa shape index (κ3) is 3.26. The van der Waals surface area contributed by atoms with Gasteiger partial charge in [0, 0.05) is 13.5 Å². The molecule has 0 radical (unpaired) electrons. The molecule has 76 valence electrons. The second-order valence-electron chi connectivity index (χ2n) is 3.74. The normalized spacial score (nSPS) is 15.6. The predicted octanol–water partition coefficient (Wildman–Crippen LogP) is 1.97. The highest BCUT2D eigenvalue weighted by Gasteiger charge is 2.11. The number of terminal acetylenes is 1. The molecule has 0 aromatic rings. The Bertz CT molecular complexity index is 273. The lowest BCUT2D eigenvalue weighted by molar-refractivity contribution is -0.128. The first-order chi connectivity index (χ1) is 6.74. The Morgan fingerprint density at radius 3 is 3.00 bits per heavy atom. The van der Waals surface area contributed by atoms with Crippen molar-refractivity contribution in [3.63, 3.8) is 0 Å². The molecule has 0 fully saturated rings. The van der Waals surface area contributed by atoms with Crippen molar-refractivity contribution in [1.82, 2.24) is 4.90 Å². The first-order valence-corrected chi connectivity index (χ1v) is 5.09. The minimum absolute atomic E-state index is 0.135. The van der Waals surface area contributed by atoms with Crippen LogP contribution in [0.5, 0.6) is 0 Å². The van der Waals surface area contributed by atoms with Crippen molar-refractivity contribution in [1.29, 1.82) is 0 Å². The van der Waals surface area contributed by atoms with E-state index in [4.69, 9.17) is 6.42 Å². The molecule has 0 N–H and O–H groups in total. The number of hydrogen-bond donors (Lipinski definition) is 0. The van der Waals surface area contributed by atoms with Gasteiger partial charge in [0.2, 0.25) is 5.91 Å². The summed E-state index contributed by atoms with van der Waals surface area (Å²) in [5, 5.41) is 0. The van der Waals surface area contributed by atoms with E-state index in [2.05, 4.69) is 12.0 Å². The average Bonchev–Trinajstić information content (AvgIpc) is 2.19. The van der Waals surface area contributed by atoms with E-state index in [0.717, 1.165) is 12.8 Å². The molecule has 0 bridgehead atoms. The minimum Gasteiger partial charge on any atom is -0.334 e. The molecular weight excluding hydrogens is 174 g/mol. The Morgan fingerprint density at radius 2 is 2.43 bits per heavy atom. The molecule has 14 heavy (non-hydrogen) atoms. The van der Waals surface area contributed by atoms with E-state index in [1.807, 2.05) is 0 Å². The quantitative estimate of drug-likeness (QED) is 0.493. The van der Waals surface area contributed by atoms with Crippen LogP contribution in [0.3, 0.4) is 0 Å². The smallest absolute Gasteiger partial charge is 0.227 e. The average molecular weight is 191 g/mol.